The van der Waals surface area contributed by atoms with Crippen LogP contribution in [0.2, 0.25) is 0 Å². The maximum absolute atomic E-state index is 12.0. The van der Waals surface area contributed by atoms with Crippen molar-refractivity contribution >= 4 is 21.8 Å². The van der Waals surface area contributed by atoms with Crippen LogP contribution < -0.4 is 0 Å². The van der Waals surface area contributed by atoms with Crippen molar-refractivity contribution in [2.45, 2.75) is 25.4 Å². The zero-order chi connectivity index (χ0) is 12.5. The molecule has 4 nitrogen and oxygen atoms in total. The number of carbonyl (C=O) groups excluding carboxylic acids is 1. The summed E-state index contributed by atoms with van der Waals surface area (Å²) >= 11 is 3.28. The molecule has 5 heteroatoms. The Labute approximate surface area is 109 Å². The second kappa shape index (κ2) is 4.74. The molecule has 1 fully saturated rings. The standard InChI is InChI=1S/C12H15BrN2O2/c1-2-3-12(17)7-15(8-12)11(16)9-4-10(13)6-14-5-9/h4-6,17H,2-3,7-8H2,1H3. The van der Waals surface area contributed by atoms with Gasteiger partial charge in [0.25, 0.3) is 5.91 Å². The second-order valence-corrected chi connectivity index (χ2v) is 5.44. The van der Waals surface area contributed by atoms with Gasteiger partial charge < -0.3 is 10.0 Å². The van der Waals surface area contributed by atoms with Crippen LogP contribution >= 0.6 is 15.9 Å². The molecule has 0 aromatic carbocycles. The molecule has 92 valence electrons. The van der Waals surface area contributed by atoms with Crippen molar-refractivity contribution in [3.8, 4) is 0 Å². The molecule has 0 aliphatic carbocycles. The third kappa shape index (κ3) is 2.66. The van der Waals surface area contributed by atoms with E-state index in [4.69, 9.17) is 0 Å². The zero-order valence-electron chi connectivity index (χ0n) is 9.69. The van der Waals surface area contributed by atoms with Gasteiger partial charge in [-0.05, 0) is 28.4 Å². The normalized spacial score (nSPS) is 17.7. The summed E-state index contributed by atoms with van der Waals surface area (Å²) in [6, 6.07) is 1.74. The summed E-state index contributed by atoms with van der Waals surface area (Å²) in [7, 11) is 0. The first kappa shape index (κ1) is 12.5. The van der Waals surface area contributed by atoms with Gasteiger partial charge in [0.05, 0.1) is 24.3 Å². The van der Waals surface area contributed by atoms with Crippen molar-refractivity contribution in [1.82, 2.24) is 9.88 Å². The van der Waals surface area contributed by atoms with Crippen molar-refractivity contribution < 1.29 is 9.90 Å². The Balaban J connectivity index is 2.00. The van der Waals surface area contributed by atoms with Gasteiger partial charge in [-0.15, -0.1) is 0 Å². The topological polar surface area (TPSA) is 53.4 Å². The van der Waals surface area contributed by atoms with Crippen LogP contribution in [0.3, 0.4) is 0 Å². The minimum Gasteiger partial charge on any atom is -0.386 e. The van der Waals surface area contributed by atoms with E-state index >= 15 is 0 Å². The van der Waals surface area contributed by atoms with Crippen LogP contribution in [0.15, 0.2) is 22.9 Å². The van der Waals surface area contributed by atoms with Gasteiger partial charge in [0.1, 0.15) is 0 Å². The number of halogens is 1. The Morgan fingerprint density at radius 2 is 2.29 bits per heavy atom. The predicted molar refractivity (Wildman–Crippen MR) is 67.7 cm³/mol. The summed E-state index contributed by atoms with van der Waals surface area (Å²) in [6.07, 6.45) is 4.86. The van der Waals surface area contributed by atoms with E-state index in [1.54, 1.807) is 23.4 Å². The lowest BCUT2D eigenvalue weighted by molar-refractivity contribution is -0.0860. The Morgan fingerprint density at radius 3 is 2.88 bits per heavy atom. The summed E-state index contributed by atoms with van der Waals surface area (Å²) in [5, 5.41) is 10.0. The fourth-order valence-electron chi connectivity index (χ4n) is 2.14. The van der Waals surface area contributed by atoms with Crippen LogP contribution in [-0.4, -0.2) is 39.6 Å². The van der Waals surface area contributed by atoms with E-state index in [9.17, 15) is 9.90 Å². The molecule has 0 atom stereocenters. The zero-order valence-corrected chi connectivity index (χ0v) is 11.3. The lowest BCUT2D eigenvalue weighted by Gasteiger charge is -2.46. The number of likely N-dealkylation sites (tertiary alicyclic amines) is 1. The Kier molecular flexibility index (Phi) is 3.49. The number of carbonyl (C=O) groups is 1. The third-order valence-corrected chi connectivity index (χ3v) is 3.36. The van der Waals surface area contributed by atoms with E-state index in [-0.39, 0.29) is 5.91 Å². The Bertz CT molecular complexity index is 430. The van der Waals surface area contributed by atoms with Crippen molar-refractivity contribution in [1.29, 1.82) is 0 Å². The maximum atomic E-state index is 12.0. The monoisotopic (exact) mass is 298 g/mol. The number of amides is 1. The molecule has 1 amide bonds. The summed E-state index contributed by atoms with van der Waals surface area (Å²) in [5.41, 5.74) is -0.123. The SMILES string of the molecule is CCCC1(O)CN(C(=O)c2cncc(Br)c2)C1. The highest BCUT2D eigenvalue weighted by Crippen LogP contribution is 2.27. The first-order valence-corrected chi connectivity index (χ1v) is 6.45. The summed E-state index contributed by atoms with van der Waals surface area (Å²) in [4.78, 5) is 17.6. The molecule has 2 rings (SSSR count). The average Bonchev–Trinajstić information content (AvgIpc) is 2.25. The number of aliphatic hydroxyl groups is 1. The Morgan fingerprint density at radius 1 is 1.59 bits per heavy atom. The van der Waals surface area contributed by atoms with Crippen molar-refractivity contribution in [2.75, 3.05) is 13.1 Å². The molecule has 2 heterocycles. The third-order valence-electron chi connectivity index (χ3n) is 2.92. The molecule has 0 saturated carbocycles. The van der Waals surface area contributed by atoms with Crippen LogP contribution in [0.25, 0.3) is 0 Å². The molecular weight excluding hydrogens is 284 g/mol. The number of nitrogens with zero attached hydrogens (tertiary/aromatic N) is 2. The summed E-state index contributed by atoms with van der Waals surface area (Å²) < 4.78 is 0.785. The highest BCUT2D eigenvalue weighted by Gasteiger charge is 2.42. The van der Waals surface area contributed by atoms with Crippen LogP contribution in [-0.2, 0) is 0 Å². The van der Waals surface area contributed by atoms with Crippen LogP contribution in [0, 0.1) is 0 Å². The van der Waals surface area contributed by atoms with Gasteiger partial charge in [-0.1, -0.05) is 13.3 Å². The fraction of sp³-hybridized carbons (Fsp3) is 0.500. The smallest absolute Gasteiger partial charge is 0.255 e. The number of β-amino-alcohol motifs (C(OH)–C–C–N with tert-alkyl or cyclic N) is 1. The maximum Gasteiger partial charge on any atom is 0.255 e. The lowest BCUT2D eigenvalue weighted by atomic mass is 9.89. The second-order valence-electron chi connectivity index (χ2n) is 4.53. The van der Waals surface area contributed by atoms with Crippen molar-refractivity contribution in [2.24, 2.45) is 0 Å². The first-order chi connectivity index (χ1) is 8.04. The fourth-order valence-corrected chi connectivity index (χ4v) is 2.51. The van der Waals surface area contributed by atoms with Crippen molar-refractivity contribution in [3.05, 3.63) is 28.5 Å². The van der Waals surface area contributed by atoms with Gasteiger partial charge in [0, 0.05) is 16.9 Å². The molecule has 1 N–H and O–H groups in total. The molecule has 1 saturated heterocycles. The Hall–Kier alpha value is -0.940. The minimum atomic E-state index is -0.677. The summed E-state index contributed by atoms with van der Waals surface area (Å²) in [5.74, 6) is -0.0698. The molecule has 1 aromatic rings. The minimum absolute atomic E-state index is 0.0698. The molecule has 0 bridgehead atoms. The molecular formula is C12H15BrN2O2. The van der Waals surface area contributed by atoms with Gasteiger partial charge in [-0.3, -0.25) is 9.78 Å². The summed E-state index contributed by atoms with van der Waals surface area (Å²) in [6.45, 7) is 2.87. The molecule has 0 spiro atoms. The van der Waals surface area contributed by atoms with Gasteiger partial charge in [0.2, 0.25) is 0 Å². The quantitative estimate of drug-likeness (QED) is 0.926. The van der Waals surface area contributed by atoms with Gasteiger partial charge in [0.15, 0.2) is 0 Å². The number of rotatable bonds is 3. The van der Waals surface area contributed by atoms with E-state index in [2.05, 4.69) is 20.9 Å². The highest BCUT2D eigenvalue weighted by molar-refractivity contribution is 9.10. The predicted octanol–water partition coefficient (Wildman–Crippen LogP) is 1.83. The highest BCUT2D eigenvalue weighted by atomic mass is 79.9. The number of hydrogen-bond acceptors (Lipinski definition) is 3. The molecule has 1 aliphatic heterocycles. The van der Waals surface area contributed by atoms with Crippen LogP contribution in [0.5, 0.6) is 0 Å². The van der Waals surface area contributed by atoms with E-state index in [0.29, 0.717) is 18.7 Å². The van der Waals surface area contributed by atoms with Crippen LogP contribution in [0.1, 0.15) is 30.1 Å². The number of aromatic nitrogens is 1. The van der Waals surface area contributed by atoms with Gasteiger partial charge in [-0.2, -0.15) is 0 Å². The van der Waals surface area contributed by atoms with E-state index in [0.717, 1.165) is 17.3 Å². The molecule has 1 aromatic heterocycles. The first-order valence-electron chi connectivity index (χ1n) is 5.66. The lowest BCUT2D eigenvalue weighted by Crippen LogP contribution is -2.63. The molecule has 1 aliphatic rings. The molecule has 0 radical (unpaired) electrons. The average molecular weight is 299 g/mol. The molecule has 17 heavy (non-hydrogen) atoms. The number of hydrogen-bond donors (Lipinski definition) is 1. The molecule has 0 unspecified atom stereocenters. The van der Waals surface area contributed by atoms with Gasteiger partial charge in [-0.25, -0.2) is 0 Å². The van der Waals surface area contributed by atoms with Crippen LogP contribution in [0.4, 0.5) is 0 Å². The van der Waals surface area contributed by atoms with Crippen molar-refractivity contribution in [3.63, 3.8) is 0 Å². The van der Waals surface area contributed by atoms with E-state index in [1.165, 1.54) is 0 Å². The van der Waals surface area contributed by atoms with Gasteiger partial charge >= 0.3 is 0 Å². The van der Waals surface area contributed by atoms with E-state index in [1.807, 2.05) is 6.92 Å². The number of pyridine rings is 1. The van der Waals surface area contributed by atoms with E-state index < -0.39 is 5.60 Å². The largest absolute Gasteiger partial charge is 0.386 e.